The van der Waals surface area contributed by atoms with Gasteiger partial charge in [-0.1, -0.05) is 18.2 Å². The van der Waals surface area contributed by atoms with Crippen molar-refractivity contribution >= 4 is 17.5 Å². The number of para-hydroxylation sites is 1. The number of nitrogens with zero attached hydrogens (tertiary/aromatic N) is 3. The summed E-state index contributed by atoms with van der Waals surface area (Å²) < 4.78 is 1.95. The van der Waals surface area contributed by atoms with Gasteiger partial charge in [-0.25, -0.2) is 0 Å². The average molecular weight is 354 g/mol. The van der Waals surface area contributed by atoms with Gasteiger partial charge in [0.25, 0.3) is 0 Å². The van der Waals surface area contributed by atoms with E-state index in [0.717, 1.165) is 48.4 Å². The second-order valence-electron chi connectivity index (χ2n) is 6.82. The summed E-state index contributed by atoms with van der Waals surface area (Å²) >= 11 is 0. The van der Waals surface area contributed by atoms with Gasteiger partial charge in [-0.2, -0.15) is 5.10 Å². The Kier molecular flexibility index (Phi) is 5.71. The summed E-state index contributed by atoms with van der Waals surface area (Å²) in [5.41, 5.74) is 4.13. The van der Waals surface area contributed by atoms with Crippen LogP contribution in [0.3, 0.4) is 0 Å². The molecular formula is C20H26N4O2. The summed E-state index contributed by atoms with van der Waals surface area (Å²) in [6.07, 6.45) is 3.00. The maximum atomic E-state index is 12.4. The minimum atomic E-state index is -0.122. The topological polar surface area (TPSA) is 67.2 Å². The van der Waals surface area contributed by atoms with E-state index in [2.05, 4.69) is 10.4 Å². The minimum Gasteiger partial charge on any atom is -0.354 e. The fourth-order valence-corrected chi connectivity index (χ4v) is 3.42. The monoisotopic (exact) mass is 354 g/mol. The smallest absolute Gasteiger partial charge is 0.240 e. The molecule has 6 heteroatoms. The molecule has 0 unspecified atom stereocenters. The largest absolute Gasteiger partial charge is 0.354 e. The average Bonchev–Trinajstić information content (AvgIpc) is 2.85. The van der Waals surface area contributed by atoms with Crippen molar-refractivity contribution in [3.05, 3.63) is 47.3 Å². The Labute approximate surface area is 154 Å². The summed E-state index contributed by atoms with van der Waals surface area (Å²) in [4.78, 5) is 26.4. The Morgan fingerprint density at radius 2 is 2.04 bits per heavy atom. The summed E-state index contributed by atoms with van der Waals surface area (Å²) in [7, 11) is 0. The number of carbonyl (C=O) groups excluding carboxylic acids is 2. The van der Waals surface area contributed by atoms with Gasteiger partial charge in [0.2, 0.25) is 11.8 Å². The molecule has 3 rings (SSSR count). The molecule has 138 valence electrons. The van der Waals surface area contributed by atoms with Gasteiger partial charge in [-0.15, -0.1) is 0 Å². The number of anilines is 1. The highest BCUT2D eigenvalue weighted by Gasteiger charge is 2.23. The van der Waals surface area contributed by atoms with Crippen LogP contribution in [0.15, 0.2) is 30.3 Å². The molecule has 0 saturated heterocycles. The van der Waals surface area contributed by atoms with Crippen molar-refractivity contribution in [1.29, 1.82) is 0 Å². The maximum Gasteiger partial charge on any atom is 0.240 e. The molecule has 0 bridgehead atoms. The lowest BCUT2D eigenvalue weighted by Crippen LogP contribution is -2.41. The highest BCUT2D eigenvalue weighted by molar-refractivity contribution is 5.99. The first-order valence-corrected chi connectivity index (χ1v) is 9.20. The fraction of sp³-hybridized carbons (Fsp3) is 0.450. The zero-order valence-electron chi connectivity index (χ0n) is 15.5. The van der Waals surface area contributed by atoms with Crippen LogP contribution in [-0.4, -0.2) is 34.7 Å². The molecular weight excluding hydrogens is 328 g/mol. The van der Waals surface area contributed by atoms with Crippen LogP contribution in [-0.2, 0) is 22.6 Å². The summed E-state index contributed by atoms with van der Waals surface area (Å²) in [6.45, 7) is 5.42. The molecule has 6 nitrogen and oxygen atoms in total. The van der Waals surface area contributed by atoms with Crippen molar-refractivity contribution in [3.63, 3.8) is 0 Å². The van der Waals surface area contributed by atoms with E-state index >= 15 is 0 Å². The molecule has 2 amide bonds. The molecule has 0 radical (unpaired) electrons. The summed E-state index contributed by atoms with van der Waals surface area (Å²) in [6, 6.07) is 9.89. The molecule has 0 spiro atoms. The van der Waals surface area contributed by atoms with E-state index in [9.17, 15) is 9.59 Å². The number of nitrogens with one attached hydrogen (secondary N) is 1. The van der Waals surface area contributed by atoms with Crippen LogP contribution in [0, 0.1) is 13.8 Å². The van der Waals surface area contributed by atoms with E-state index in [4.69, 9.17) is 0 Å². The van der Waals surface area contributed by atoms with Gasteiger partial charge < -0.3 is 10.2 Å². The Hall–Kier alpha value is -2.63. The van der Waals surface area contributed by atoms with E-state index < -0.39 is 0 Å². The lowest BCUT2D eigenvalue weighted by atomic mass is 10.1. The third-order valence-electron chi connectivity index (χ3n) is 4.69. The van der Waals surface area contributed by atoms with Gasteiger partial charge in [0.05, 0.1) is 5.69 Å². The SMILES string of the molecule is Cc1cc(C)n(CCCNC(=O)CN2C(=O)CCCc3ccccc32)n1. The van der Waals surface area contributed by atoms with Crippen LogP contribution in [0.4, 0.5) is 5.69 Å². The van der Waals surface area contributed by atoms with Crippen LogP contribution in [0.5, 0.6) is 0 Å². The van der Waals surface area contributed by atoms with E-state index in [1.165, 1.54) is 0 Å². The first kappa shape index (κ1) is 18.2. The van der Waals surface area contributed by atoms with Gasteiger partial charge in [0.15, 0.2) is 0 Å². The normalized spacial score (nSPS) is 14.1. The second-order valence-corrected chi connectivity index (χ2v) is 6.82. The number of aromatic nitrogens is 2. The van der Waals surface area contributed by atoms with Crippen LogP contribution in [0.1, 0.15) is 36.2 Å². The molecule has 1 aromatic carbocycles. The number of carbonyl (C=O) groups is 2. The van der Waals surface area contributed by atoms with Crippen molar-refractivity contribution in [1.82, 2.24) is 15.1 Å². The molecule has 26 heavy (non-hydrogen) atoms. The predicted molar refractivity (Wildman–Crippen MR) is 101 cm³/mol. The molecule has 0 aliphatic carbocycles. The zero-order chi connectivity index (χ0) is 18.5. The number of hydrogen-bond acceptors (Lipinski definition) is 3. The van der Waals surface area contributed by atoms with E-state index in [-0.39, 0.29) is 18.4 Å². The lowest BCUT2D eigenvalue weighted by molar-refractivity contribution is -0.123. The maximum absolute atomic E-state index is 12.4. The van der Waals surface area contributed by atoms with Gasteiger partial charge in [-0.05, 0) is 50.8 Å². The molecule has 1 aromatic heterocycles. The molecule has 2 heterocycles. The van der Waals surface area contributed by atoms with Crippen molar-refractivity contribution in [2.75, 3.05) is 18.0 Å². The number of aryl methyl sites for hydroxylation is 4. The Morgan fingerprint density at radius 3 is 2.81 bits per heavy atom. The molecule has 1 aliphatic heterocycles. The van der Waals surface area contributed by atoms with E-state index in [1.54, 1.807) is 4.90 Å². The number of amides is 2. The van der Waals surface area contributed by atoms with Gasteiger partial charge in [0.1, 0.15) is 6.54 Å². The Bertz CT molecular complexity index is 797. The fourth-order valence-electron chi connectivity index (χ4n) is 3.42. The van der Waals surface area contributed by atoms with Crippen molar-refractivity contribution < 1.29 is 9.59 Å². The third-order valence-corrected chi connectivity index (χ3v) is 4.69. The molecule has 0 saturated carbocycles. The second kappa shape index (κ2) is 8.17. The zero-order valence-corrected chi connectivity index (χ0v) is 15.5. The Morgan fingerprint density at radius 1 is 1.23 bits per heavy atom. The van der Waals surface area contributed by atoms with Crippen LogP contribution < -0.4 is 10.2 Å². The first-order chi connectivity index (χ1) is 12.5. The van der Waals surface area contributed by atoms with Crippen LogP contribution in [0.25, 0.3) is 0 Å². The Balaban J connectivity index is 1.52. The van der Waals surface area contributed by atoms with Gasteiger partial charge in [0, 0.05) is 30.9 Å². The predicted octanol–water partition coefficient (Wildman–Crippen LogP) is 2.38. The number of rotatable bonds is 6. The van der Waals surface area contributed by atoms with Crippen LogP contribution >= 0.6 is 0 Å². The summed E-state index contributed by atoms with van der Waals surface area (Å²) in [5.74, 6) is -0.101. The minimum absolute atomic E-state index is 0.0211. The molecule has 0 atom stereocenters. The van der Waals surface area contributed by atoms with Crippen LogP contribution in [0.2, 0.25) is 0 Å². The number of hydrogen-bond donors (Lipinski definition) is 1. The quantitative estimate of drug-likeness (QED) is 0.810. The molecule has 2 aromatic rings. The number of fused-ring (bicyclic) bond motifs is 1. The standard InChI is InChI=1S/C20H26N4O2/c1-15-13-16(2)24(22-15)12-6-11-21-19(25)14-23-18-9-4-3-7-17(18)8-5-10-20(23)26/h3-4,7,9,13H,5-6,8,10-12,14H2,1-2H3,(H,21,25). The van der Waals surface area contributed by atoms with Crippen molar-refractivity contribution in [3.8, 4) is 0 Å². The summed E-state index contributed by atoms with van der Waals surface area (Å²) in [5, 5.41) is 7.34. The highest BCUT2D eigenvalue weighted by Crippen LogP contribution is 2.26. The molecule has 1 N–H and O–H groups in total. The van der Waals surface area contributed by atoms with Gasteiger partial charge in [-0.3, -0.25) is 14.3 Å². The van der Waals surface area contributed by atoms with Crippen molar-refractivity contribution in [2.24, 2.45) is 0 Å². The first-order valence-electron chi connectivity index (χ1n) is 9.20. The number of benzene rings is 1. The van der Waals surface area contributed by atoms with Crippen molar-refractivity contribution in [2.45, 2.75) is 46.1 Å². The molecule has 1 aliphatic rings. The highest BCUT2D eigenvalue weighted by atomic mass is 16.2. The van der Waals surface area contributed by atoms with E-state index in [1.807, 2.05) is 48.9 Å². The lowest BCUT2D eigenvalue weighted by Gasteiger charge is -2.22. The molecule has 0 fully saturated rings. The van der Waals surface area contributed by atoms with E-state index in [0.29, 0.717) is 13.0 Å². The van der Waals surface area contributed by atoms with Gasteiger partial charge >= 0.3 is 0 Å². The third kappa shape index (κ3) is 4.31.